The normalized spacial score (nSPS) is 15.2. The van der Waals surface area contributed by atoms with Crippen LogP contribution in [0, 0.1) is 0 Å². The van der Waals surface area contributed by atoms with Gasteiger partial charge in [-0.15, -0.1) is 0 Å². The summed E-state index contributed by atoms with van der Waals surface area (Å²) in [4.78, 5) is 0. The number of phenolic OH excluding ortho intramolecular Hbond substituents is 2. The van der Waals surface area contributed by atoms with Crippen LogP contribution < -0.4 is 4.74 Å². The third kappa shape index (κ3) is 6.47. The van der Waals surface area contributed by atoms with Crippen LogP contribution in [-0.2, 0) is 16.5 Å². The first kappa shape index (κ1) is 22.7. The molecule has 0 aliphatic rings. The van der Waals surface area contributed by atoms with Crippen LogP contribution in [-0.4, -0.2) is 52.7 Å². The van der Waals surface area contributed by atoms with Crippen LogP contribution in [0.1, 0.15) is 22.8 Å². The van der Waals surface area contributed by atoms with Gasteiger partial charge in [0.15, 0.2) is 11.5 Å². The molecule has 0 fully saturated rings. The number of benzene rings is 2. The summed E-state index contributed by atoms with van der Waals surface area (Å²) in [5.74, 6) is -0.0384. The van der Waals surface area contributed by atoms with Crippen molar-refractivity contribution in [2.45, 2.75) is 30.3 Å². The zero-order valence-corrected chi connectivity index (χ0v) is 16.5. The summed E-state index contributed by atoms with van der Waals surface area (Å²) in [6.45, 7) is 0. The quantitative estimate of drug-likeness (QED) is 0.303. The van der Waals surface area contributed by atoms with Crippen molar-refractivity contribution < 1.29 is 38.1 Å². The second-order valence-corrected chi connectivity index (χ2v) is 8.07. The first-order valence-corrected chi connectivity index (χ1v) is 10.3. The Morgan fingerprint density at radius 1 is 1.03 bits per heavy atom. The van der Waals surface area contributed by atoms with Gasteiger partial charge in [-0.25, -0.2) is 0 Å². The van der Waals surface area contributed by atoms with E-state index in [0.717, 1.165) is 6.07 Å². The van der Waals surface area contributed by atoms with Gasteiger partial charge in [0.25, 0.3) is 10.1 Å². The molecule has 0 spiro atoms. The lowest BCUT2D eigenvalue weighted by molar-refractivity contribution is 0.0222. The maximum absolute atomic E-state index is 11.7. The Bertz CT molecular complexity index is 937. The Labute approximate surface area is 169 Å². The van der Waals surface area contributed by atoms with Crippen molar-refractivity contribution in [1.82, 2.24) is 0 Å². The van der Waals surface area contributed by atoms with E-state index < -0.39 is 27.6 Å². The second kappa shape index (κ2) is 9.75. The molecule has 0 unspecified atom stereocenters. The summed E-state index contributed by atoms with van der Waals surface area (Å²) >= 11 is 0. The predicted octanol–water partition coefficient (Wildman–Crippen LogP) is 1.95. The summed E-state index contributed by atoms with van der Waals surface area (Å²) in [6.07, 6.45) is 0.304. The van der Waals surface area contributed by atoms with Crippen LogP contribution in [0.4, 0.5) is 0 Å². The van der Waals surface area contributed by atoms with E-state index in [1.807, 2.05) is 0 Å². The molecule has 0 aliphatic carbocycles. The first-order chi connectivity index (χ1) is 13.6. The van der Waals surface area contributed by atoms with Crippen LogP contribution in [0.2, 0.25) is 0 Å². The van der Waals surface area contributed by atoms with Crippen molar-refractivity contribution in [2.75, 3.05) is 7.11 Å². The number of aliphatic hydroxyl groups is 2. The molecule has 29 heavy (non-hydrogen) atoms. The lowest BCUT2D eigenvalue weighted by atomic mass is 10.0. The van der Waals surface area contributed by atoms with Gasteiger partial charge in [0.05, 0.1) is 19.3 Å². The van der Waals surface area contributed by atoms with E-state index in [-0.39, 0.29) is 35.7 Å². The molecule has 0 amide bonds. The Kier molecular flexibility index (Phi) is 7.63. The lowest BCUT2D eigenvalue weighted by Gasteiger charge is -2.17. The van der Waals surface area contributed by atoms with E-state index in [1.54, 1.807) is 12.1 Å². The van der Waals surface area contributed by atoms with Crippen molar-refractivity contribution in [3.8, 4) is 17.2 Å². The molecule has 158 valence electrons. The number of ether oxygens (including phenoxy) is 1. The standard InChI is InChI=1S/C20H24O8S/c1-28-19-10-7-14(12-18(19)24)20(29(25,26)27)4-2-3-16(22)17(23)11-13-5-8-15(21)9-6-13/h2,4-10,12,16-17,20-24H,3,11H2,1H3,(H,25,26,27)/b4-2+/t16-,17-,20-/m1/s1. The number of aliphatic hydroxyl groups excluding tert-OH is 2. The minimum atomic E-state index is -4.53. The molecule has 2 aromatic rings. The van der Waals surface area contributed by atoms with Gasteiger partial charge >= 0.3 is 0 Å². The molecule has 5 N–H and O–H groups in total. The Morgan fingerprint density at radius 2 is 1.69 bits per heavy atom. The summed E-state index contributed by atoms with van der Waals surface area (Å²) in [6, 6.07) is 10.1. The smallest absolute Gasteiger partial charge is 0.275 e. The van der Waals surface area contributed by atoms with E-state index >= 15 is 0 Å². The monoisotopic (exact) mass is 424 g/mol. The molecule has 0 heterocycles. The van der Waals surface area contributed by atoms with Gasteiger partial charge in [0.2, 0.25) is 0 Å². The summed E-state index contributed by atoms with van der Waals surface area (Å²) < 4.78 is 37.9. The summed E-state index contributed by atoms with van der Waals surface area (Å²) in [7, 11) is -3.18. The minimum Gasteiger partial charge on any atom is -0.508 e. The zero-order valence-electron chi connectivity index (χ0n) is 15.7. The van der Waals surface area contributed by atoms with Crippen LogP contribution in [0.5, 0.6) is 17.2 Å². The van der Waals surface area contributed by atoms with Gasteiger partial charge < -0.3 is 25.2 Å². The molecule has 0 bridgehead atoms. The number of hydrogen-bond donors (Lipinski definition) is 5. The second-order valence-electron chi connectivity index (χ2n) is 6.54. The SMILES string of the molecule is COc1ccc([C@@H](/C=C/C[C@@H](O)[C@H](O)Cc2ccc(O)cc2)S(=O)(=O)O)cc1O. The van der Waals surface area contributed by atoms with Crippen LogP contribution in [0.25, 0.3) is 0 Å². The molecule has 9 heteroatoms. The summed E-state index contributed by atoms with van der Waals surface area (Å²) in [5, 5.41) is 37.9. The van der Waals surface area contributed by atoms with Crippen molar-refractivity contribution >= 4 is 10.1 Å². The van der Waals surface area contributed by atoms with Gasteiger partial charge in [-0.2, -0.15) is 8.42 Å². The Hall–Kier alpha value is -2.59. The largest absolute Gasteiger partial charge is 0.508 e. The van der Waals surface area contributed by atoms with E-state index in [1.165, 1.54) is 43.5 Å². The Balaban J connectivity index is 2.07. The molecule has 8 nitrogen and oxygen atoms in total. The highest BCUT2D eigenvalue weighted by Crippen LogP contribution is 2.32. The molecule has 0 aromatic heterocycles. The molecular weight excluding hydrogens is 400 g/mol. The average molecular weight is 424 g/mol. The van der Waals surface area contributed by atoms with E-state index in [2.05, 4.69) is 0 Å². The van der Waals surface area contributed by atoms with Gasteiger partial charge in [-0.1, -0.05) is 30.4 Å². The van der Waals surface area contributed by atoms with Crippen molar-refractivity contribution in [2.24, 2.45) is 0 Å². The van der Waals surface area contributed by atoms with Gasteiger partial charge in [-0.05, 0) is 41.8 Å². The topological polar surface area (TPSA) is 145 Å². The third-order valence-electron chi connectivity index (χ3n) is 4.37. The highest BCUT2D eigenvalue weighted by molar-refractivity contribution is 7.86. The van der Waals surface area contributed by atoms with Gasteiger partial charge in [-0.3, -0.25) is 4.55 Å². The van der Waals surface area contributed by atoms with Crippen molar-refractivity contribution in [3.05, 3.63) is 65.7 Å². The zero-order chi connectivity index (χ0) is 21.6. The van der Waals surface area contributed by atoms with Crippen LogP contribution in [0.15, 0.2) is 54.6 Å². The van der Waals surface area contributed by atoms with Crippen LogP contribution in [0.3, 0.4) is 0 Å². The molecule has 0 aliphatic heterocycles. The fourth-order valence-electron chi connectivity index (χ4n) is 2.77. The summed E-state index contributed by atoms with van der Waals surface area (Å²) in [5.41, 5.74) is 0.823. The number of phenols is 2. The highest BCUT2D eigenvalue weighted by Gasteiger charge is 2.24. The molecule has 3 atom stereocenters. The molecule has 2 rings (SSSR count). The van der Waals surface area contributed by atoms with Gasteiger partial charge in [0, 0.05) is 6.42 Å². The molecule has 0 saturated heterocycles. The minimum absolute atomic E-state index is 0.0621. The predicted molar refractivity (Wildman–Crippen MR) is 107 cm³/mol. The number of aromatic hydroxyl groups is 2. The van der Waals surface area contributed by atoms with Gasteiger partial charge in [0.1, 0.15) is 11.0 Å². The number of rotatable bonds is 9. The maximum atomic E-state index is 11.7. The van der Waals surface area contributed by atoms with E-state index in [0.29, 0.717) is 5.56 Å². The van der Waals surface area contributed by atoms with Crippen molar-refractivity contribution in [3.63, 3.8) is 0 Å². The third-order valence-corrected chi connectivity index (χ3v) is 5.44. The maximum Gasteiger partial charge on any atom is 0.275 e. The fourth-order valence-corrected chi connectivity index (χ4v) is 3.57. The van der Waals surface area contributed by atoms with Crippen molar-refractivity contribution in [1.29, 1.82) is 0 Å². The Morgan fingerprint density at radius 3 is 2.24 bits per heavy atom. The molecule has 0 radical (unpaired) electrons. The molecule has 2 aromatic carbocycles. The average Bonchev–Trinajstić information content (AvgIpc) is 2.65. The number of hydrogen-bond acceptors (Lipinski definition) is 7. The molecule has 0 saturated carbocycles. The molecular formula is C20H24O8S. The highest BCUT2D eigenvalue weighted by atomic mass is 32.2. The van der Waals surface area contributed by atoms with E-state index in [4.69, 9.17) is 4.74 Å². The lowest BCUT2D eigenvalue weighted by Crippen LogP contribution is -2.27. The fraction of sp³-hybridized carbons (Fsp3) is 0.300. The number of methoxy groups -OCH3 is 1. The van der Waals surface area contributed by atoms with E-state index in [9.17, 15) is 33.4 Å². The van der Waals surface area contributed by atoms with Crippen LogP contribution >= 0.6 is 0 Å². The first-order valence-electron chi connectivity index (χ1n) is 8.75.